The fourth-order valence-electron chi connectivity index (χ4n) is 3.69. The van der Waals surface area contributed by atoms with E-state index in [1.807, 2.05) is 24.3 Å². The van der Waals surface area contributed by atoms with Crippen molar-refractivity contribution in [3.63, 3.8) is 0 Å². The molecule has 0 radical (unpaired) electrons. The first kappa shape index (κ1) is 22.8. The second-order valence-electron chi connectivity index (χ2n) is 8.23. The summed E-state index contributed by atoms with van der Waals surface area (Å²) >= 11 is 7.84. The summed E-state index contributed by atoms with van der Waals surface area (Å²) in [5.74, 6) is 1.31. The zero-order chi connectivity index (χ0) is 22.8. The van der Waals surface area contributed by atoms with Crippen LogP contribution >= 0.6 is 23.4 Å². The lowest BCUT2D eigenvalue weighted by Crippen LogP contribution is -2.24. The Morgan fingerprint density at radius 1 is 1.12 bits per heavy atom. The monoisotopic (exact) mass is 470 g/mol. The minimum absolute atomic E-state index is 0.113. The van der Waals surface area contributed by atoms with Crippen LogP contribution in [0.2, 0.25) is 5.02 Å². The highest BCUT2D eigenvalue weighted by Gasteiger charge is 2.17. The first-order valence-electron chi connectivity index (χ1n) is 10.7. The Bertz CT molecular complexity index is 1330. The average Bonchev–Trinajstić information content (AvgIpc) is 3.17. The SMILES string of the molecule is Cc1ccc(C)c(CSc2nnc3n(CCCOC(C)C)c(=O)c4cc(Cl)ccc4n23)c1. The number of fused-ring (bicyclic) bond motifs is 3. The van der Waals surface area contributed by atoms with Crippen LogP contribution in [0.3, 0.4) is 0 Å². The third-order valence-corrected chi connectivity index (χ3v) is 6.58. The van der Waals surface area contributed by atoms with Gasteiger partial charge in [-0.25, -0.2) is 0 Å². The summed E-state index contributed by atoms with van der Waals surface area (Å²) in [6.07, 6.45) is 0.862. The molecule has 0 bridgehead atoms. The smallest absolute Gasteiger partial charge is 0.262 e. The molecule has 168 valence electrons. The fraction of sp³-hybridized carbons (Fsp3) is 0.375. The van der Waals surface area contributed by atoms with E-state index in [4.69, 9.17) is 16.3 Å². The van der Waals surface area contributed by atoms with E-state index in [-0.39, 0.29) is 11.7 Å². The Morgan fingerprint density at radius 3 is 2.72 bits per heavy atom. The first-order valence-corrected chi connectivity index (χ1v) is 12.1. The molecule has 0 aliphatic heterocycles. The van der Waals surface area contributed by atoms with Crippen LogP contribution in [0.25, 0.3) is 16.7 Å². The molecule has 2 heterocycles. The van der Waals surface area contributed by atoms with Gasteiger partial charge in [-0.2, -0.15) is 0 Å². The van der Waals surface area contributed by atoms with Gasteiger partial charge in [0.2, 0.25) is 5.78 Å². The predicted molar refractivity (Wildman–Crippen MR) is 131 cm³/mol. The van der Waals surface area contributed by atoms with E-state index in [2.05, 4.69) is 42.2 Å². The summed E-state index contributed by atoms with van der Waals surface area (Å²) in [4.78, 5) is 13.3. The van der Waals surface area contributed by atoms with Gasteiger partial charge in [0.05, 0.1) is 17.0 Å². The van der Waals surface area contributed by atoms with E-state index < -0.39 is 0 Å². The second kappa shape index (κ2) is 9.65. The van der Waals surface area contributed by atoms with Gasteiger partial charge in [-0.15, -0.1) is 10.2 Å². The number of halogens is 1. The minimum Gasteiger partial charge on any atom is -0.379 e. The molecule has 0 unspecified atom stereocenters. The van der Waals surface area contributed by atoms with Gasteiger partial charge >= 0.3 is 0 Å². The standard InChI is InChI=1S/C24H27ClN4O2S/c1-15(2)31-11-5-10-28-22(30)20-13-19(25)8-9-21(20)29-23(28)26-27-24(29)32-14-18-12-16(3)6-7-17(18)4/h6-9,12-13,15H,5,10-11,14H2,1-4H3. The Hall–Kier alpha value is -2.35. The Balaban J connectivity index is 1.75. The van der Waals surface area contributed by atoms with Gasteiger partial charge in [0.15, 0.2) is 5.16 Å². The zero-order valence-corrected chi connectivity index (χ0v) is 20.3. The van der Waals surface area contributed by atoms with Crippen molar-refractivity contribution in [3.05, 3.63) is 68.5 Å². The molecule has 0 saturated heterocycles. The number of hydrogen-bond donors (Lipinski definition) is 0. The van der Waals surface area contributed by atoms with Crippen molar-refractivity contribution in [1.82, 2.24) is 19.2 Å². The lowest BCUT2D eigenvalue weighted by Gasteiger charge is -2.13. The van der Waals surface area contributed by atoms with Crippen LogP contribution in [0.4, 0.5) is 0 Å². The van der Waals surface area contributed by atoms with Crippen molar-refractivity contribution in [3.8, 4) is 0 Å². The summed E-state index contributed by atoms with van der Waals surface area (Å²) in [5.41, 5.74) is 4.39. The molecule has 6 nitrogen and oxygen atoms in total. The van der Waals surface area contributed by atoms with Crippen LogP contribution in [0.1, 0.15) is 37.0 Å². The van der Waals surface area contributed by atoms with Crippen LogP contribution < -0.4 is 5.56 Å². The van der Waals surface area contributed by atoms with Crippen LogP contribution in [-0.2, 0) is 17.0 Å². The van der Waals surface area contributed by atoms with E-state index in [1.165, 1.54) is 16.7 Å². The molecular weight excluding hydrogens is 444 g/mol. The van der Waals surface area contributed by atoms with Crippen LogP contribution in [-0.4, -0.2) is 31.9 Å². The first-order chi connectivity index (χ1) is 15.3. The number of rotatable bonds is 8. The molecule has 32 heavy (non-hydrogen) atoms. The normalized spacial score (nSPS) is 11.8. The van der Waals surface area contributed by atoms with Crippen molar-refractivity contribution in [2.45, 2.75) is 57.7 Å². The highest BCUT2D eigenvalue weighted by Crippen LogP contribution is 2.27. The van der Waals surface area contributed by atoms with Crippen LogP contribution in [0.5, 0.6) is 0 Å². The summed E-state index contributed by atoms with van der Waals surface area (Å²) in [6, 6.07) is 11.8. The minimum atomic E-state index is -0.113. The van der Waals surface area contributed by atoms with Gasteiger partial charge in [-0.1, -0.05) is 47.1 Å². The van der Waals surface area contributed by atoms with Gasteiger partial charge in [0, 0.05) is 23.9 Å². The Labute approximate surface area is 196 Å². The molecule has 0 amide bonds. The summed E-state index contributed by atoms with van der Waals surface area (Å²) in [5, 5.41) is 10.7. The summed E-state index contributed by atoms with van der Waals surface area (Å²) in [7, 11) is 0. The van der Waals surface area contributed by atoms with Crippen LogP contribution in [0, 0.1) is 13.8 Å². The number of nitrogens with zero attached hydrogens (tertiary/aromatic N) is 4. The van der Waals surface area contributed by atoms with Gasteiger partial charge < -0.3 is 4.74 Å². The maximum atomic E-state index is 13.3. The predicted octanol–water partition coefficient (Wildman–Crippen LogP) is 5.42. The average molecular weight is 471 g/mol. The molecule has 2 aromatic heterocycles. The lowest BCUT2D eigenvalue weighted by atomic mass is 10.1. The van der Waals surface area contributed by atoms with Crippen molar-refractivity contribution in [1.29, 1.82) is 0 Å². The lowest BCUT2D eigenvalue weighted by molar-refractivity contribution is 0.0748. The molecule has 4 rings (SSSR count). The molecular formula is C24H27ClN4O2S. The molecule has 2 aromatic carbocycles. The molecule has 0 fully saturated rings. The van der Waals surface area contributed by atoms with Gasteiger partial charge in [-0.05, 0) is 63.4 Å². The van der Waals surface area contributed by atoms with Crippen molar-refractivity contribution >= 4 is 40.0 Å². The quantitative estimate of drug-likeness (QED) is 0.254. The van der Waals surface area contributed by atoms with Crippen molar-refractivity contribution < 1.29 is 4.74 Å². The molecule has 0 spiro atoms. The maximum Gasteiger partial charge on any atom is 0.262 e. The van der Waals surface area contributed by atoms with Gasteiger partial charge in [0.1, 0.15) is 0 Å². The van der Waals surface area contributed by atoms with E-state index in [9.17, 15) is 4.79 Å². The maximum absolute atomic E-state index is 13.3. The summed E-state index contributed by atoms with van der Waals surface area (Å²) in [6.45, 7) is 9.29. The summed E-state index contributed by atoms with van der Waals surface area (Å²) < 4.78 is 9.29. The third-order valence-electron chi connectivity index (χ3n) is 5.37. The number of aryl methyl sites for hydroxylation is 3. The van der Waals surface area contributed by atoms with Crippen molar-refractivity contribution in [2.75, 3.05) is 6.61 Å². The van der Waals surface area contributed by atoms with E-state index in [0.717, 1.165) is 16.4 Å². The molecule has 8 heteroatoms. The Kier molecular flexibility index (Phi) is 6.88. The number of aromatic nitrogens is 4. The topological polar surface area (TPSA) is 61.4 Å². The number of benzene rings is 2. The van der Waals surface area contributed by atoms with Crippen LogP contribution in [0.15, 0.2) is 46.3 Å². The largest absolute Gasteiger partial charge is 0.379 e. The third kappa shape index (κ3) is 4.70. The van der Waals surface area contributed by atoms with E-state index in [1.54, 1.807) is 28.5 Å². The zero-order valence-electron chi connectivity index (χ0n) is 18.8. The van der Waals surface area contributed by atoms with Gasteiger partial charge in [-0.3, -0.25) is 13.8 Å². The van der Waals surface area contributed by atoms with Gasteiger partial charge in [0.25, 0.3) is 5.56 Å². The van der Waals surface area contributed by atoms with Crippen molar-refractivity contribution in [2.24, 2.45) is 0 Å². The molecule has 0 aliphatic rings. The van der Waals surface area contributed by atoms with E-state index >= 15 is 0 Å². The highest BCUT2D eigenvalue weighted by atomic mass is 35.5. The second-order valence-corrected chi connectivity index (χ2v) is 9.61. The number of ether oxygens (including phenoxy) is 1. The number of thioether (sulfide) groups is 1. The number of hydrogen-bond acceptors (Lipinski definition) is 5. The highest BCUT2D eigenvalue weighted by molar-refractivity contribution is 7.98. The Morgan fingerprint density at radius 2 is 1.94 bits per heavy atom. The molecule has 0 atom stereocenters. The fourth-order valence-corrected chi connectivity index (χ4v) is 4.87. The molecule has 0 N–H and O–H groups in total. The molecule has 4 aromatic rings. The molecule has 0 saturated carbocycles. The van der Waals surface area contributed by atoms with E-state index in [0.29, 0.717) is 35.8 Å². The molecule has 0 aliphatic carbocycles.